The number of likely N-dealkylation sites (tertiary alicyclic amines) is 1. The summed E-state index contributed by atoms with van der Waals surface area (Å²) in [6, 6.07) is 0.564. The van der Waals surface area contributed by atoms with Gasteiger partial charge >= 0.3 is 5.97 Å². The van der Waals surface area contributed by atoms with E-state index >= 15 is 0 Å². The van der Waals surface area contributed by atoms with Gasteiger partial charge in [0.1, 0.15) is 5.54 Å². The lowest BCUT2D eigenvalue weighted by atomic mass is 9.97. The number of hydrogen-bond acceptors (Lipinski definition) is 4. The van der Waals surface area contributed by atoms with Crippen LogP contribution >= 0.6 is 0 Å². The lowest BCUT2D eigenvalue weighted by Gasteiger charge is -2.28. The fourth-order valence-corrected chi connectivity index (χ4v) is 3.22. The first-order chi connectivity index (χ1) is 8.22. The minimum atomic E-state index is -0.427. The van der Waals surface area contributed by atoms with Crippen LogP contribution in [0, 0.1) is 0 Å². The number of likely N-dealkylation sites (N-methyl/N-ethyl adjacent to an activating group) is 1. The van der Waals surface area contributed by atoms with E-state index in [0.29, 0.717) is 12.6 Å². The Morgan fingerprint density at radius 1 is 1.47 bits per heavy atom. The topological polar surface area (TPSA) is 41.6 Å². The number of carbonyl (C=O) groups is 1. The first-order valence-electron chi connectivity index (χ1n) is 6.82. The van der Waals surface area contributed by atoms with Gasteiger partial charge in [-0.2, -0.15) is 0 Å². The molecule has 2 atom stereocenters. The maximum atomic E-state index is 12.1. The lowest BCUT2D eigenvalue weighted by molar-refractivity contribution is -0.151. The normalized spacial score (nSPS) is 34.1. The Labute approximate surface area is 104 Å². The molecule has 0 aromatic rings. The summed E-state index contributed by atoms with van der Waals surface area (Å²) in [5.41, 5.74) is -0.427. The molecule has 4 nitrogen and oxygen atoms in total. The average Bonchev–Trinajstić information content (AvgIpc) is 2.99. The van der Waals surface area contributed by atoms with Gasteiger partial charge in [-0.1, -0.05) is 0 Å². The van der Waals surface area contributed by atoms with Crippen LogP contribution in [0.25, 0.3) is 0 Å². The summed E-state index contributed by atoms with van der Waals surface area (Å²) in [6.45, 7) is 4.74. The molecule has 0 bridgehead atoms. The van der Waals surface area contributed by atoms with E-state index in [1.807, 2.05) is 14.0 Å². The van der Waals surface area contributed by atoms with E-state index < -0.39 is 5.54 Å². The molecule has 2 unspecified atom stereocenters. The Bertz CT molecular complexity index is 277. The molecule has 1 aliphatic heterocycles. The Morgan fingerprint density at radius 3 is 2.76 bits per heavy atom. The van der Waals surface area contributed by atoms with Crippen molar-refractivity contribution in [2.24, 2.45) is 0 Å². The summed E-state index contributed by atoms with van der Waals surface area (Å²) in [5, 5.41) is 3.21. The van der Waals surface area contributed by atoms with Crippen molar-refractivity contribution in [3.8, 4) is 0 Å². The summed E-state index contributed by atoms with van der Waals surface area (Å²) >= 11 is 0. The zero-order chi connectivity index (χ0) is 12.3. The fourth-order valence-electron chi connectivity index (χ4n) is 3.22. The third-order valence-electron chi connectivity index (χ3n) is 4.29. The average molecular weight is 240 g/mol. The van der Waals surface area contributed by atoms with E-state index in [4.69, 9.17) is 4.74 Å². The van der Waals surface area contributed by atoms with Crippen LogP contribution in [0.2, 0.25) is 0 Å². The molecule has 1 N–H and O–H groups in total. The van der Waals surface area contributed by atoms with Crippen LogP contribution in [0.5, 0.6) is 0 Å². The highest BCUT2D eigenvalue weighted by Gasteiger charge is 2.47. The molecule has 17 heavy (non-hydrogen) atoms. The quantitative estimate of drug-likeness (QED) is 0.749. The van der Waals surface area contributed by atoms with Crippen molar-refractivity contribution in [3.05, 3.63) is 0 Å². The van der Waals surface area contributed by atoms with Crippen LogP contribution in [-0.4, -0.2) is 49.2 Å². The predicted octanol–water partition coefficient (Wildman–Crippen LogP) is 1.16. The van der Waals surface area contributed by atoms with Gasteiger partial charge in [0.2, 0.25) is 0 Å². The molecule has 1 saturated carbocycles. The summed E-state index contributed by atoms with van der Waals surface area (Å²) in [6.07, 6.45) is 5.54. The molecular weight excluding hydrogens is 216 g/mol. The first-order valence-corrected chi connectivity index (χ1v) is 6.82. The molecule has 0 spiro atoms. The molecule has 0 aromatic carbocycles. The number of ether oxygens (including phenoxy) is 1. The number of esters is 1. The van der Waals surface area contributed by atoms with E-state index in [1.54, 1.807) is 0 Å². The number of nitrogens with zero attached hydrogens (tertiary/aromatic N) is 1. The van der Waals surface area contributed by atoms with E-state index in [9.17, 15) is 4.79 Å². The SMILES string of the molecule is CCOC(=O)C1(NC)CCC(N2CCCC2)C1. The Hall–Kier alpha value is -0.610. The Morgan fingerprint density at radius 2 is 2.18 bits per heavy atom. The zero-order valence-electron chi connectivity index (χ0n) is 11.0. The van der Waals surface area contributed by atoms with E-state index in [-0.39, 0.29) is 5.97 Å². The van der Waals surface area contributed by atoms with Crippen LogP contribution < -0.4 is 5.32 Å². The second-order valence-corrected chi connectivity index (χ2v) is 5.19. The van der Waals surface area contributed by atoms with Gasteiger partial charge < -0.3 is 15.0 Å². The minimum absolute atomic E-state index is 0.0656. The number of rotatable bonds is 4. The number of nitrogens with one attached hydrogen (secondary N) is 1. The van der Waals surface area contributed by atoms with Crippen LogP contribution in [0.15, 0.2) is 0 Å². The van der Waals surface area contributed by atoms with Crippen molar-refractivity contribution in [1.29, 1.82) is 0 Å². The third kappa shape index (κ3) is 2.47. The molecular formula is C13H24N2O2. The molecule has 1 heterocycles. The molecule has 98 valence electrons. The summed E-state index contributed by atoms with van der Waals surface area (Å²) < 4.78 is 5.21. The van der Waals surface area contributed by atoms with Crippen LogP contribution in [0.4, 0.5) is 0 Å². The highest BCUT2D eigenvalue weighted by molar-refractivity contribution is 5.81. The van der Waals surface area contributed by atoms with Gasteiger partial charge in [-0.15, -0.1) is 0 Å². The first kappa shape index (κ1) is 12.8. The summed E-state index contributed by atoms with van der Waals surface area (Å²) in [5.74, 6) is -0.0656. The van der Waals surface area contributed by atoms with Crippen molar-refractivity contribution < 1.29 is 9.53 Å². The lowest BCUT2D eigenvalue weighted by Crippen LogP contribution is -2.50. The molecule has 0 radical (unpaired) electrons. The number of hydrogen-bond donors (Lipinski definition) is 1. The highest BCUT2D eigenvalue weighted by Crippen LogP contribution is 2.35. The van der Waals surface area contributed by atoms with Gasteiger partial charge in [0, 0.05) is 6.04 Å². The Balaban J connectivity index is 1.99. The summed E-state index contributed by atoms with van der Waals surface area (Å²) in [4.78, 5) is 14.6. The molecule has 0 aromatic heterocycles. The van der Waals surface area contributed by atoms with Gasteiger partial charge in [-0.3, -0.25) is 4.79 Å². The zero-order valence-corrected chi connectivity index (χ0v) is 11.0. The van der Waals surface area contributed by atoms with Crippen LogP contribution in [-0.2, 0) is 9.53 Å². The highest BCUT2D eigenvalue weighted by atomic mass is 16.5. The predicted molar refractivity (Wildman–Crippen MR) is 66.9 cm³/mol. The van der Waals surface area contributed by atoms with Gasteiger partial charge in [0.15, 0.2) is 0 Å². The van der Waals surface area contributed by atoms with Gasteiger partial charge in [-0.05, 0) is 59.2 Å². The minimum Gasteiger partial charge on any atom is -0.465 e. The molecule has 1 aliphatic carbocycles. The molecule has 2 fully saturated rings. The molecule has 1 saturated heterocycles. The fraction of sp³-hybridized carbons (Fsp3) is 0.923. The molecule has 0 amide bonds. The molecule has 4 heteroatoms. The molecule has 2 rings (SSSR count). The largest absolute Gasteiger partial charge is 0.465 e. The Kier molecular flexibility index (Phi) is 4.05. The van der Waals surface area contributed by atoms with Crippen molar-refractivity contribution >= 4 is 5.97 Å². The van der Waals surface area contributed by atoms with Gasteiger partial charge in [-0.25, -0.2) is 0 Å². The third-order valence-corrected chi connectivity index (χ3v) is 4.29. The summed E-state index contributed by atoms with van der Waals surface area (Å²) in [7, 11) is 1.88. The van der Waals surface area contributed by atoms with Crippen molar-refractivity contribution in [2.75, 3.05) is 26.7 Å². The van der Waals surface area contributed by atoms with Gasteiger partial charge in [0.25, 0.3) is 0 Å². The maximum Gasteiger partial charge on any atom is 0.326 e. The second kappa shape index (κ2) is 5.36. The van der Waals surface area contributed by atoms with E-state index in [2.05, 4.69) is 10.2 Å². The number of carbonyl (C=O) groups excluding carboxylic acids is 1. The van der Waals surface area contributed by atoms with Gasteiger partial charge in [0.05, 0.1) is 6.61 Å². The van der Waals surface area contributed by atoms with E-state index in [0.717, 1.165) is 19.3 Å². The monoisotopic (exact) mass is 240 g/mol. The van der Waals surface area contributed by atoms with Crippen molar-refractivity contribution in [3.63, 3.8) is 0 Å². The standard InChI is InChI=1S/C13H24N2O2/c1-3-17-12(16)13(14-2)7-6-11(10-13)15-8-4-5-9-15/h11,14H,3-10H2,1-2H3. The van der Waals surface area contributed by atoms with Crippen molar-refractivity contribution in [1.82, 2.24) is 10.2 Å². The van der Waals surface area contributed by atoms with Crippen LogP contribution in [0.3, 0.4) is 0 Å². The van der Waals surface area contributed by atoms with Crippen LogP contribution in [0.1, 0.15) is 39.0 Å². The van der Waals surface area contributed by atoms with E-state index in [1.165, 1.54) is 25.9 Å². The maximum absolute atomic E-state index is 12.1. The van der Waals surface area contributed by atoms with Crippen molar-refractivity contribution in [2.45, 2.75) is 50.6 Å². The smallest absolute Gasteiger partial charge is 0.326 e. The second-order valence-electron chi connectivity index (χ2n) is 5.19. The molecule has 2 aliphatic rings.